The van der Waals surface area contributed by atoms with Crippen molar-refractivity contribution in [2.45, 2.75) is 6.92 Å². The molecule has 0 heterocycles. The van der Waals surface area contributed by atoms with Gasteiger partial charge in [-0.1, -0.05) is 17.3 Å². The Hall–Kier alpha value is -0.0100. The standard InChI is InChI=1S/C7H12NO2PS2/c1-4-6-13-11(12,10-5-2)8(3)7-9/h1,7H,5-6H2,2-3H3. The Bertz CT molecular complexity index is 251. The summed E-state index contributed by atoms with van der Waals surface area (Å²) in [6, 6.07) is 0. The summed E-state index contributed by atoms with van der Waals surface area (Å²) in [5, 5.41) is 0. The van der Waals surface area contributed by atoms with Gasteiger partial charge in [0.05, 0.1) is 12.4 Å². The van der Waals surface area contributed by atoms with Crippen LogP contribution in [0, 0.1) is 12.3 Å². The Kier molecular flexibility index (Phi) is 6.44. The zero-order valence-corrected chi connectivity index (χ0v) is 10.1. The van der Waals surface area contributed by atoms with Gasteiger partial charge in [-0.25, -0.2) is 0 Å². The van der Waals surface area contributed by atoms with Crippen LogP contribution in [0.25, 0.3) is 0 Å². The number of hydrogen-bond acceptors (Lipinski definition) is 4. The molecule has 6 heteroatoms. The van der Waals surface area contributed by atoms with Crippen molar-refractivity contribution in [1.82, 2.24) is 4.67 Å². The van der Waals surface area contributed by atoms with E-state index in [1.807, 2.05) is 6.92 Å². The number of terminal acetylenes is 1. The number of carbonyl (C=O) groups excluding carboxylic acids is 1. The Labute approximate surface area is 88.1 Å². The Morgan fingerprint density at radius 1 is 1.85 bits per heavy atom. The number of nitrogens with zero attached hydrogens (tertiary/aromatic N) is 1. The van der Waals surface area contributed by atoms with E-state index in [0.717, 1.165) is 0 Å². The van der Waals surface area contributed by atoms with Crippen LogP contribution in [-0.2, 0) is 21.1 Å². The lowest BCUT2D eigenvalue weighted by Gasteiger charge is -2.26. The molecule has 0 rings (SSSR count). The minimum Gasteiger partial charge on any atom is -0.327 e. The smallest absolute Gasteiger partial charge is 0.215 e. The third-order valence-corrected chi connectivity index (χ3v) is 7.71. The van der Waals surface area contributed by atoms with Crippen molar-refractivity contribution in [1.29, 1.82) is 0 Å². The summed E-state index contributed by atoms with van der Waals surface area (Å²) in [6.45, 7) is 2.34. The van der Waals surface area contributed by atoms with E-state index < -0.39 is 5.62 Å². The van der Waals surface area contributed by atoms with Gasteiger partial charge in [0.25, 0.3) is 0 Å². The van der Waals surface area contributed by atoms with E-state index in [-0.39, 0.29) is 0 Å². The van der Waals surface area contributed by atoms with Crippen LogP contribution in [0.2, 0.25) is 0 Å². The molecular weight excluding hydrogens is 225 g/mol. The Balaban J connectivity index is 4.44. The van der Waals surface area contributed by atoms with Crippen molar-refractivity contribution in [2.75, 3.05) is 19.4 Å². The van der Waals surface area contributed by atoms with Crippen LogP contribution >= 0.6 is 17.0 Å². The predicted octanol–water partition coefficient (Wildman–Crippen LogP) is 1.70. The van der Waals surface area contributed by atoms with Gasteiger partial charge >= 0.3 is 0 Å². The third-order valence-electron chi connectivity index (χ3n) is 1.14. The van der Waals surface area contributed by atoms with Gasteiger partial charge in [0.2, 0.25) is 12.0 Å². The molecule has 3 nitrogen and oxygen atoms in total. The number of rotatable bonds is 6. The first-order valence-corrected chi connectivity index (χ1v) is 7.88. The van der Waals surface area contributed by atoms with Crippen LogP contribution in [0.1, 0.15) is 6.92 Å². The molecule has 0 aromatic rings. The van der Waals surface area contributed by atoms with Crippen molar-refractivity contribution >= 4 is 35.2 Å². The van der Waals surface area contributed by atoms with E-state index in [1.165, 1.54) is 16.1 Å². The fourth-order valence-electron chi connectivity index (χ4n) is 0.559. The van der Waals surface area contributed by atoms with E-state index in [4.69, 9.17) is 22.8 Å². The topological polar surface area (TPSA) is 29.5 Å². The van der Waals surface area contributed by atoms with E-state index in [9.17, 15) is 4.79 Å². The maximum absolute atomic E-state index is 10.5. The van der Waals surface area contributed by atoms with E-state index >= 15 is 0 Å². The van der Waals surface area contributed by atoms with Crippen LogP contribution in [0.5, 0.6) is 0 Å². The van der Waals surface area contributed by atoms with Gasteiger partial charge in [-0.2, -0.15) is 0 Å². The van der Waals surface area contributed by atoms with Gasteiger partial charge in [0.15, 0.2) is 0 Å². The molecule has 1 unspecified atom stereocenters. The quantitative estimate of drug-likeness (QED) is 0.399. The van der Waals surface area contributed by atoms with Crippen molar-refractivity contribution in [3.05, 3.63) is 0 Å². The van der Waals surface area contributed by atoms with Crippen LogP contribution < -0.4 is 0 Å². The van der Waals surface area contributed by atoms with Crippen molar-refractivity contribution < 1.29 is 9.32 Å². The highest BCUT2D eigenvalue weighted by molar-refractivity contribution is 8.68. The maximum Gasteiger partial charge on any atom is 0.215 e. The minimum atomic E-state index is -2.25. The predicted molar refractivity (Wildman–Crippen MR) is 61.0 cm³/mol. The van der Waals surface area contributed by atoms with Gasteiger partial charge < -0.3 is 4.52 Å². The summed E-state index contributed by atoms with van der Waals surface area (Å²) in [6.07, 6.45) is 5.79. The van der Waals surface area contributed by atoms with Gasteiger partial charge in [0, 0.05) is 7.05 Å². The first-order valence-electron chi connectivity index (χ1n) is 3.62. The summed E-state index contributed by atoms with van der Waals surface area (Å²) in [7, 11) is 1.62. The minimum absolute atomic E-state index is 0.468. The van der Waals surface area contributed by atoms with Crippen molar-refractivity contribution in [3.8, 4) is 12.3 Å². The third kappa shape index (κ3) is 4.15. The molecule has 0 saturated heterocycles. The second-order valence-electron chi connectivity index (χ2n) is 2.04. The molecule has 0 aromatic carbocycles. The van der Waals surface area contributed by atoms with E-state index in [2.05, 4.69) is 5.92 Å². The molecule has 0 aliphatic heterocycles. The second kappa shape index (κ2) is 6.44. The van der Waals surface area contributed by atoms with E-state index in [0.29, 0.717) is 18.8 Å². The molecule has 0 saturated carbocycles. The first kappa shape index (κ1) is 13.0. The average Bonchev–Trinajstić information content (AvgIpc) is 2.14. The molecule has 0 radical (unpaired) electrons. The van der Waals surface area contributed by atoms with Crippen LogP contribution in [0.3, 0.4) is 0 Å². The second-order valence-corrected chi connectivity index (χ2v) is 8.85. The van der Waals surface area contributed by atoms with Crippen LogP contribution in [-0.4, -0.2) is 30.5 Å². The number of hydrogen-bond donors (Lipinski definition) is 0. The zero-order chi connectivity index (χ0) is 10.3. The summed E-state index contributed by atoms with van der Waals surface area (Å²) in [5.74, 6) is 2.93. The summed E-state index contributed by atoms with van der Waals surface area (Å²) in [4.78, 5) is 10.5. The molecule has 0 spiro atoms. The molecule has 1 atom stereocenters. The molecule has 0 fully saturated rings. The fraction of sp³-hybridized carbons (Fsp3) is 0.571. The molecule has 0 aliphatic carbocycles. The maximum atomic E-state index is 10.5. The lowest BCUT2D eigenvalue weighted by atomic mass is 10.8. The van der Waals surface area contributed by atoms with Gasteiger partial charge in [-0.15, -0.1) is 6.42 Å². The molecule has 0 bridgehead atoms. The van der Waals surface area contributed by atoms with Gasteiger partial charge in [-0.05, 0) is 18.7 Å². The lowest BCUT2D eigenvalue weighted by Crippen LogP contribution is -2.12. The Morgan fingerprint density at radius 2 is 2.46 bits per heavy atom. The average molecular weight is 237 g/mol. The molecular formula is C7H12NO2PS2. The molecule has 0 N–H and O–H groups in total. The molecule has 1 amide bonds. The summed E-state index contributed by atoms with van der Waals surface area (Å²) in [5.41, 5.74) is -2.25. The van der Waals surface area contributed by atoms with Crippen LogP contribution in [0.15, 0.2) is 0 Å². The molecule has 13 heavy (non-hydrogen) atoms. The summed E-state index contributed by atoms with van der Waals surface area (Å²) < 4.78 is 6.77. The van der Waals surface area contributed by atoms with Crippen LogP contribution in [0.4, 0.5) is 0 Å². The molecule has 0 aliphatic rings. The highest BCUT2D eigenvalue weighted by Gasteiger charge is 2.22. The van der Waals surface area contributed by atoms with Crippen molar-refractivity contribution in [3.63, 3.8) is 0 Å². The monoisotopic (exact) mass is 237 g/mol. The normalized spacial score (nSPS) is 14.2. The lowest BCUT2D eigenvalue weighted by molar-refractivity contribution is -0.113. The number of amides is 1. The fourth-order valence-corrected chi connectivity index (χ4v) is 4.50. The highest BCUT2D eigenvalue weighted by atomic mass is 32.9. The van der Waals surface area contributed by atoms with Gasteiger partial charge in [0.1, 0.15) is 0 Å². The first-order chi connectivity index (χ1) is 6.10. The summed E-state index contributed by atoms with van der Waals surface area (Å²) >= 11 is 6.58. The number of carbonyl (C=O) groups is 1. The molecule has 74 valence electrons. The van der Waals surface area contributed by atoms with E-state index in [1.54, 1.807) is 7.05 Å². The molecule has 0 aromatic heterocycles. The Morgan fingerprint density at radius 3 is 2.85 bits per heavy atom. The SMILES string of the molecule is C#CCSP(=S)(OCC)N(C)C=O. The van der Waals surface area contributed by atoms with Gasteiger partial charge in [-0.3, -0.25) is 9.46 Å². The zero-order valence-electron chi connectivity index (χ0n) is 7.60. The van der Waals surface area contributed by atoms with Crippen molar-refractivity contribution in [2.24, 2.45) is 0 Å². The highest BCUT2D eigenvalue weighted by Crippen LogP contribution is 2.61. The largest absolute Gasteiger partial charge is 0.327 e.